The highest BCUT2D eigenvalue weighted by Gasteiger charge is 2.15. The smallest absolute Gasteiger partial charge is 0.256 e. The van der Waals surface area contributed by atoms with Crippen molar-refractivity contribution >= 4 is 28.2 Å². The standard InChI is InChI=1S/C27H27N3O4/c1-18-9-10-19-14-20(16-28-21-7-5-4-6-8-21)27(32)30(24(19)13-18)17-26(31)29-23-15-22(33-2)11-12-25(23)34-3/h4-15,28H,16-17H2,1-3H3,(H,29,31). The van der Waals surface area contributed by atoms with Gasteiger partial charge in [-0.2, -0.15) is 0 Å². The van der Waals surface area contributed by atoms with Crippen LogP contribution in [0.5, 0.6) is 11.5 Å². The molecule has 0 aliphatic heterocycles. The number of carbonyl (C=O) groups is 1. The van der Waals surface area contributed by atoms with E-state index < -0.39 is 0 Å². The second-order valence-corrected chi connectivity index (χ2v) is 7.96. The lowest BCUT2D eigenvalue weighted by atomic mass is 10.1. The summed E-state index contributed by atoms with van der Waals surface area (Å²) in [5.74, 6) is 0.746. The Hall–Kier alpha value is -4.26. The van der Waals surface area contributed by atoms with Gasteiger partial charge in [-0.1, -0.05) is 30.3 Å². The zero-order valence-electron chi connectivity index (χ0n) is 19.4. The third kappa shape index (κ3) is 5.04. The van der Waals surface area contributed by atoms with Crippen LogP contribution < -0.4 is 25.7 Å². The van der Waals surface area contributed by atoms with Crippen LogP contribution >= 0.6 is 0 Å². The van der Waals surface area contributed by atoms with Gasteiger partial charge in [-0.25, -0.2) is 0 Å². The van der Waals surface area contributed by atoms with E-state index in [1.54, 1.807) is 25.3 Å². The lowest BCUT2D eigenvalue weighted by molar-refractivity contribution is -0.116. The summed E-state index contributed by atoms with van der Waals surface area (Å²) >= 11 is 0. The van der Waals surface area contributed by atoms with Crippen LogP contribution in [0.3, 0.4) is 0 Å². The predicted molar refractivity (Wildman–Crippen MR) is 135 cm³/mol. The maximum absolute atomic E-state index is 13.4. The summed E-state index contributed by atoms with van der Waals surface area (Å²) in [6.07, 6.45) is 0. The molecule has 0 aliphatic rings. The number of anilines is 2. The number of methoxy groups -OCH3 is 2. The number of nitrogens with zero attached hydrogens (tertiary/aromatic N) is 1. The summed E-state index contributed by atoms with van der Waals surface area (Å²) in [6, 6.07) is 22.6. The summed E-state index contributed by atoms with van der Waals surface area (Å²) in [4.78, 5) is 26.5. The molecule has 7 heteroatoms. The van der Waals surface area contributed by atoms with E-state index in [9.17, 15) is 9.59 Å². The molecule has 1 aromatic heterocycles. The SMILES string of the molecule is COc1ccc(OC)c(NC(=O)Cn2c(=O)c(CNc3ccccc3)cc3ccc(C)cc32)c1. The first-order valence-electron chi connectivity index (χ1n) is 10.9. The van der Waals surface area contributed by atoms with E-state index in [2.05, 4.69) is 10.6 Å². The fraction of sp³-hybridized carbons (Fsp3) is 0.185. The van der Waals surface area contributed by atoms with Crippen molar-refractivity contribution in [2.75, 3.05) is 24.9 Å². The van der Waals surface area contributed by atoms with Gasteiger partial charge in [0.1, 0.15) is 18.0 Å². The fourth-order valence-electron chi connectivity index (χ4n) is 3.82. The number of hydrogen-bond acceptors (Lipinski definition) is 5. The van der Waals surface area contributed by atoms with E-state index in [-0.39, 0.29) is 18.0 Å². The molecule has 0 saturated carbocycles. The molecule has 0 bridgehead atoms. The number of pyridine rings is 1. The fourth-order valence-corrected chi connectivity index (χ4v) is 3.82. The topological polar surface area (TPSA) is 81.6 Å². The highest BCUT2D eigenvalue weighted by Crippen LogP contribution is 2.29. The number of aromatic nitrogens is 1. The lowest BCUT2D eigenvalue weighted by Gasteiger charge is -2.16. The van der Waals surface area contributed by atoms with Crippen LogP contribution in [0.25, 0.3) is 10.9 Å². The highest BCUT2D eigenvalue weighted by atomic mass is 16.5. The van der Waals surface area contributed by atoms with Crippen LogP contribution in [0, 0.1) is 6.92 Å². The summed E-state index contributed by atoms with van der Waals surface area (Å²) in [5.41, 5.74) is 3.47. The van der Waals surface area contributed by atoms with Gasteiger partial charge < -0.3 is 20.1 Å². The van der Waals surface area contributed by atoms with Gasteiger partial charge in [0.2, 0.25) is 5.91 Å². The van der Waals surface area contributed by atoms with Gasteiger partial charge in [0.15, 0.2) is 0 Å². The summed E-state index contributed by atoms with van der Waals surface area (Å²) in [6.45, 7) is 2.16. The molecule has 34 heavy (non-hydrogen) atoms. The van der Waals surface area contributed by atoms with E-state index in [1.165, 1.54) is 11.7 Å². The number of ether oxygens (including phenoxy) is 2. The van der Waals surface area contributed by atoms with E-state index in [0.717, 1.165) is 16.6 Å². The molecule has 1 amide bonds. The van der Waals surface area contributed by atoms with Crippen molar-refractivity contribution in [3.8, 4) is 11.5 Å². The van der Waals surface area contributed by atoms with Crippen molar-refractivity contribution in [1.29, 1.82) is 0 Å². The number of nitrogens with one attached hydrogen (secondary N) is 2. The molecule has 174 valence electrons. The minimum Gasteiger partial charge on any atom is -0.497 e. The number of amides is 1. The maximum atomic E-state index is 13.4. The summed E-state index contributed by atoms with van der Waals surface area (Å²) in [5, 5.41) is 7.02. The number of benzene rings is 3. The molecule has 3 aromatic carbocycles. The highest BCUT2D eigenvalue weighted by molar-refractivity contribution is 5.93. The average molecular weight is 458 g/mol. The molecule has 4 aromatic rings. The molecule has 0 unspecified atom stereocenters. The average Bonchev–Trinajstić information content (AvgIpc) is 2.85. The third-order valence-corrected chi connectivity index (χ3v) is 5.57. The van der Waals surface area contributed by atoms with Crippen LogP contribution in [0.2, 0.25) is 0 Å². The molecular formula is C27H27N3O4. The Labute approximate surface area is 197 Å². The first kappa shape index (κ1) is 22.9. The number of aryl methyl sites for hydroxylation is 1. The third-order valence-electron chi connectivity index (χ3n) is 5.57. The molecule has 1 heterocycles. The Morgan fingerprint density at radius 1 is 0.941 bits per heavy atom. The Bertz CT molecular complexity index is 1380. The van der Waals surface area contributed by atoms with Crippen LogP contribution in [0.15, 0.2) is 77.6 Å². The first-order valence-corrected chi connectivity index (χ1v) is 10.9. The van der Waals surface area contributed by atoms with Crippen molar-refractivity contribution in [3.63, 3.8) is 0 Å². The van der Waals surface area contributed by atoms with Gasteiger partial charge >= 0.3 is 0 Å². The molecule has 0 aliphatic carbocycles. The monoisotopic (exact) mass is 457 g/mol. The molecule has 0 saturated heterocycles. The number of rotatable bonds is 8. The van der Waals surface area contributed by atoms with Gasteiger partial charge in [-0.05, 0) is 54.3 Å². The van der Waals surface area contributed by atoms with Crippen LogP contribution in [0.4, 0.5) is 11.4 Å². The number of hydrogen-bond donors (Lipinski definition) is 2. The van der Waals surface area contributed by atoms with E-state index in [4.69, 9.17) is 9.47 Å². The first-order chi connectivity index (χ1) is 16.5. The largest absolute Gasteiger partial charge is 0.497 e. The second kappa shape index (κ2) is 10.1. The number of para-hydroxylation sites is 1. The minimum absolute atomic E-state index is 0.141. The van der Waals surface area contributed by atoms with Gasteiger partial charge in [0, 0.05) is 23.9 Å². The predicted octanol–water partition coefficient (Wildman–Crippen LogP) is 4.58. The summed E-state index contributed by atoms with van der Waals surface area (Å²) in [7, 11) is 3.08. The van der Waals surface area contributed by atoms with E-state index >= 15 is 0 Å². The Balaban J connectivity index is 1.66. The van der Waals surface area contributed by atoms with E-state index in [1.807, 2.05) is 61.5 Å². The molecule has 0 fully saturated rings. The minimum atomic E-state index is -0.343. The van der Waals surface area contributed by atoms with Crippen LogP contribution in [-0.2, 0) is 17.9 Å². The maximum Gasteiger partial charge on any atom is 0.256 e. The van der Waals surface area contributed by atoms with Crippen molar-refractivity contribution < 1.29 is 14.3 Å². The van der Waals surface area contributed by atoms with Gasteiger partial charge in [-0.15, -0.1) is 0 Å². The van der Waals surface area contributed by atoms with Crippen LogP contribution in [0.1, 0.15) is 11.1 Å². The quantitative estimate of drug-likeness (QED) is 0.405. The zero-order valence-corrected chi connectivity index (χ0v) is 19.4. The van der Waals surface area contributed by atoms with Gasteiger partial charge in [-0.3, -0.25) is 14.2 Å². The van der Waals surface area contributed by atoms with Crippen LogP contribution in [-0.4, -0.2) is 24.7 Å². The zero-order chi connectivity index (χ0) is 24.1. The van der Waals surface area contributed by atoms with Crippen molar-refractivity contribution in [2.24, 2.45) is 0 Å². The molecule has 2 N–H and O–H groups in total. The normalized spacial score (nSPS) is 10.7. The van der Waals surface area contributed by atoms with Gasteiger partial charge in [0.05, 0.1) is 25.4 Å². The van der Waals surface area contributed by atoms with Crippen molar-refractivity contribution in [2.45, 2.75) is 20.0 Å². The Kier molecular flexibility index (Phi) is 6.82. The molecule has 0 spiro atoms. The summed E-state index contributed by atoms with van der Waals surface area (Å²) < 4.78 is 12.1. The Morgan fingerprint density at radius 2 is 1.74 bits per heavy atom. The molecule has 0 radical (unpaired) electrons. The Morgan fingerprint density at radius 3 is 2.47 bits per heavy atom. The molecule has 0 atom stereocenters. The lowest BCUT2D eigenvalue weighted by Crippen LogP contribution is -2.30. The van der Waals surface area contributed by atoms with E-state index in [0.29, 0.717) is 34.8 Å². The van der Waals surface area contributed by atoms with Crippen molar-refractivity contribution in [3.05, 3.63) is 94.3 Å². The molecule has 4 rings (SSSR count). The van der Waals surface area contributed by atoms with Crippen molar-refractivity contribution in [1.82, 2.24) is 4.57 Å². The molecule has 7 nitrogen and oxygen atoms in total. The number of carbonyl (C=O) groups excluding carboxylic acids is 1. The molecular weight excluding hydrogens is 430 g/mol. The second-order valence-electron chi connectivity index (χ2n) is 7.96. The number of fused-ring (bicyclic) bond motifs is 1. The van der Waals surface area contributed by atoms with Gasteiger partial charge in [0.25, 0.3) is 5.56 Å².